The number of carbonyl (C=O) groups is 1. The average molecular weight is 490 g/mol. The van der Waals surface area contributed by atoms with Crippen LogP contribution in [-0.4, -0.2) is 45.7 Å². The molecule has 0 saturated carbocycles. The maximum atomic E-state index is 13.2. The lowest BCUT2D eigenvalue weighted by Gasteiger charge is -2.38. The lowest BCUT2D eigenvalue weighted by Crippen LogP contribution is -2.46. The first-order valence-electron chi connectivity index (χ1n) is 10.1. The first kappa shape index (κ1) is 22.9. The van der Waals surface area contributed by atoms with E-state index in [0.29, 0.717) is 36.9 Å². The molecule has 3 aromatic carbocycles. The van der Waals surface area contributed by atoms with Gasteiger partial charge in [-0.05, 0) is 54.6 Å². The Hall–Kier alpha value is -3.30. The summed E-state index contributed by atoms with van der Waals surface area (Å²) in [6.45, 7) is 2.44. The summed E-state index contributed by atoms with van der Waals surface area (Å²) in [4.78, 5) is 15.5. The van der Waals surface area contributed by atoms with Crippen molar-refractivity contribution >= 4 is 44.7 Å². The number of rotatable bonds is 6. The fourth-order valence-corrected chi connectivity index (χ4v) is 5.06. The summed E-state index contributed by atoms with van der Waals surface area (Å²) < 4.78 is 41.5. The lowest BCUT2D eigenvalue weighted by molar-refractivity contribution is 0.0697. The SMILES string of the molecule is O=C(O)c1ccc(N2CCN(c3ccccc3Cl)CC2)c(NS(=O)(=O)c2ccc(F)cc2)c1. The van der Waals surface area contributed by atoms with Crippen molar-refractivity contribution in [3.63, 3.8) is 0 Å². The Morgan fingerprint density at radius 3 is 2.12 bits per heavy atom. The highest BCUT2D eigenvalue weighted by molar-refractivity contribution is 7.92. The molecule has 0 aliphatic carbocycles. The highest BCUT2D eigenvalue weighted by Gasteiger charge is 2.24. The number of nitrogens with one attached hydrogen (secondary N) is 1. The Bertz CT molecular complexity index is 1280. The monoisotopic (exact) mass is 489 g/mol. The van der Waals surface area contributed by atoms with Gasteiger partial charge in [0.25, 0.3) is 10.0 Å². The van der Waals surface area contributed by atoms with Gasteiger partial charge in [0.2, 0.25) is 0 Å². The molecule has 0 aromatic heterocycles. The predicted octanol–water partition coefficient (Wildman–Crippen LogP) is 4.30. The largest absolute Gasteiger partial charge is 0.478 e. The van der Waals surface area contributed by atoms with Crippen LogP contribution in [0.15, 0.2) is 71.6 Å². The number of piperazine rings is 1. The second-order valence-electron chi connectivity index (χ2n) is 7.52. The Labute approximate surface area is 196 Å². The van der Waals surface area contributed by atoms with Crippen molar-refractivity contribution in [3.05, 3.63) is 83.1 Å². The van der Waals surface area contributed by atoms with Crippen molar-refractivity contribution in [1.29, 1.82) is 0 Å². The van der Waals surface area contributed by atoms with E-state index in [2.05, 4.69) is 9.62 Å². The molecule has 1 aliphatic heterocycles. The van der Waals surface area contributed by atoms with E-state index in [1.807, 2.05) is 29.2 Å². The van der Waals surface area contributed by atoms with Crippen LogP contribution in [0, 0.1) is 5.82 Å². The summed E-state index contributed by atoms with van der Waals surface area (Å²) in [5, 5.41) is 10.0. The van der Waals surface area contributed by atoms with Crippen LogP contribution >= 0.6 is 11.6 Å². The van der Waals surface area contributed by atoms with E-state index < -0.39 is 21.8 Å². The van der Waals surface area contributed by atoms with Crippen molar-refractivity contribution in [3.8, 4) is 0 Å². The van der Waals surface area contributed by atoms with Crippen molar-refractivity contribution in [2.24, 2.45) is 0 Å². The van der Waals surface area contributed by atoms with Crippen molar-refractivity contribution < 1.29 is 22.7 Å². The van der Waals surface area contributed by atoms with Gasteiger partial charge >= 0.3 is 5.97 Å². The molecule has 172 valence electrons. The second kappa shape index (κ2) is 9.29. The number of nitrogens with zero attached hydrogens (tertiary/aromatic N) is 2. The van der Waals surface area contributed by atoms with Gasteiger partial charge in [-0.25, -0.2) is 17.6 Å². The fraction of sp³-hybridized carbons (Fsp3) is 0.174. The van der Waals surface area contributed by atoms with E-state index in [-0.39, 0.29) is 16.1 Å². The van der Waals surface area contributed by atoms with Crippen LogP contribution in [0.4, 0.5) is 21.5 Å². The topological polar surface area (TPSA) is 89.9 Å². The minimum atomic E-state index is -4.06. The molecule has 10 heteroatoms. The molecule has 4 rings (SSSR count). The third-order valence-electron chi connectivity index (χ3n) is 5.43. The van der Waals surface area contributed by atoms with Gasteiger partial charge < -0.3 is 14.9 Å². The molecule has 0 spiro atoms. The van der Waals surface area contributed by atoms with Gasteiger partial charge in [-0.2, -0.15) is 0 Å². The van der Waals surface area contributed by atoms with Crippen LogP contribution in [0.5, 0.6) is 0 Å². The number of para-hydroxylation sites is 1. The lowest BCUT2D eigenvalue weighted by atomic mass is 10.1. The molecule has 0 unspecified atom stereocenters. The van der Waals surface area contributed by atoms with Crippen LogP contribution in [-0.2, 0) is 10.0 Å². The van der Waals surface area contributed by atoms with Gasteiger partial charge in [0.15, 0.2) is 0 Å². The van der Waals surface area contributed by atoms with Crippen molar-refractivity contribution in [2.75, 3.05) is 40.7 Å². The minimum absolute atomic E-state index is 0.0507. The van der Waals surface area contributed by atoms with Gasteiger partial charge in [0.05, 0.1) is 32.5 Å². The smallest absolute Gasteiger partial charge is 0.335 e. The molecule has 3 aromatic rings. The van der Waals surface area contributed by atoms with E-state index >= 15 is 0 Å². The van der Waals surface area contributed by atoms with E-state index in [1.54, 1.807) is 6.07 Å². The number of halogens is 2. The zero-order chi connectivity index (χ0) is 23.6. The van der Waals surface area contributed by atoms with Crippen LogP contribution in [0.25, 0.3) is 0 Å². The molecule has 0 radical (unpaired) electrons. The number of anilines is 3. The molecule has 7 nitrogen and oxygen atoms in total. The van der Waals surface area contributed by atoms with Crippen LogP contribution in [0.3, 0.4) is 0 Å². The molecular formula is C23H21ClFN3O4S. The number of hydrogen-bond acceptors (Lipinski definition) is 5. The number of sulfonamides is 1. The molecule has 2 N–H and O–H groups in total. The van der Waals surface area contributed by atoms with Gasteiger partial charge in [0.1, 0.15) is 5.82 Å². The molecule has 1 heterocycles. The number of carboxylic acid groups (broad SMARTS) is 1. The first-order valence-corrected chi connectivity index (χ1v) is 12.0. The number of benzene rings is 3. The molecule has 33 heavy (non-hydrogen) atoms. The zero-order valence-corrected chi connectivity index (χ0v) is 19.0. The van der Waals surface area contributed by atoms with Crippen LogP contribution < -0.4 is 14.5 Å². The van der Waals surface area contributed by atoms with Crippen LogP contribution in [0.1, 0.15) is 10.4 Å². The van der Waals surface area contributed by atoms with E-state index in [0.717, 1.165) is 30.0 Å². The molecule has 1 aliphatic rings. The molecule has 1 fully saturated rings. The Balaban J connectivity index is 1.60. The summed E-state index contributed by atoms with van der Waals surface area (Å²) in [5.74, 6) is -1.73. The normalized spacial score (nSPS) is 14.2. The highest BCUT2D eigenvalue weighted by Crippen LogP contribution is 2.32. The molecular weight excluding hydrogens is 469 g/mol. The van der Waals surface area contributed by atoms with E-state index in [9.17, 15) is 22.7 Å². The summed E-state index contributed by atoms with van der Waals surface area (Å²) in [6.07, 6.45) is 0. The first-order chi connectivity index (χ1) is 15.7. The Morgan fingerprint density at radius 2 is 1.52 bits per heavy atom. The third kappa shape index (κ3) is 5.04. The summed E-state index contributed by atoms with van der Waals surface area (Å²) in [6, 6.07) is 16.3. The number of hydrogen-bond donors (Lipinski definition) is 2. The van der Waals surface area contributed by atoms with Crippen molar-refractivity contribution in [1.82, 2.24) is 0 Å². The van der Waals surface area contributed by atoms with Gasteiger partial charge in [-0.15, -0.1) is 0 Å². The van der Waals surface area contributed by atoms with Gasteiger partial charge in [-0.3, -0.25) is 4.72 Å². The van der Waals surface area contributed by atoms with Crippen molar-refractivity contribution in [2.45, 2.75) is 4.90 Å². The summed E-state index contributed by atoms with van der Waals surface area (Å²) in [7, 11) is -4.06. The van der Waals surface area contributed by atoms with E-state index in [4.69, 9.17) is 11.6 Å². The highest BCUT2D eigenvalue weighted by atomic mass is 35.5. The number of aromatic carboxylic acids is 1. The predicted molar refractivity (Wildman–Crippen MR) is 126 cm³/mol. The molecule has 0 bridgehead atoms. The quantitative estimate of drug-likeness (QED) is 0.536. The maximum Gasteiger partial charge on any atom is 0.335 e. The Morgan fingerprint density at radius 1 is 0.909 bits per heavy atom. The van der Waals surface area contributed by atoms with Gasteiger partial charge in [0, 0.05) is 26.2 Å². The molecule has 0 atom stereocenters. The zero-order valence-electron chi connectivity index (χ0n) is 17.4. The van der Waals surface area contributed by atoms with Crippen LogP contribution in [0.2, 0.25) is 5.02 Å². The summed E-state index contributed by atoms with van der Waals surface area (Å²) >= 11 is 6.31. The molecule has 1 saturated heterocycles. The average Bonchev–Trinajstić information content (AvgIpc) is 2.79. The summed E-state index contributed by atoms with van der Waals surface area (Å²) in [5.41, 5.74) is 1.58. The minimum Gasteiger partial charge on any atom is -0.478 e. The third-order valence-corrected chi connectivity index (χ3v) is 7.13. The molecule has 0 amide bonds. The maximum absolute atomic E-state index is 13.2. The number of carboxylic acids is 1. The standard InChI is InChI=1S/C23H21ClFN3O4S/c24-19-3-1-2-4-21(19)27-11-13-28(14-12-27)22-10-5-16(23(29)30)15-20(22)26-33(31,32)18-8-6-17(25)7-9-18/h1-10,15,26H,11-14H2,(H,29,30). The second-order valence-corrected chi connectivity index (χ2v) is 9.61. The van der Waals surface area contributed by atoms with E-state index in [1.165, 1.54) is 12.1 Å². The van der Waals surface area contributed by atoms with Gasteiger partial charge in [-0.1, -0.05) is 23.7 Å². The Kier molecular flexibility index (Phi) is 6.44. The fourth-order valence-electron chi connectivity index (χ4n) is 3.74.